The molecule has 1 aliphatic heterocycles. The highest BCUT2D eigenvalue weighted by Gasteiger charge is 2.33. The van der Waals surface area contributed by atoms with Crippen LogP contribution < -0.4 is 20.8 Å². The number of anilines is 1. The topological polar surface area (TPSA) is 192 Å². The van der Waals surface area contributed by atoms with E-state index in [4.69, 9.17) is 9.92 Å². The molecule has 0 radical (unpaired) electrons. The smallest absolute Gasteiger partial charge is 0.339 e. The number of benzene rings is 2. The number of pyridine rings is 1. The number of rotatable bonds is 5. The fourth-order valence-corrected chi connectivity index (χ4v) is 4.65. The van der Waals surface area contributed by atoms with Crippen LogP contribution in [0.15, 0.2) is 69.2 Å². The van der Waals surface area contributed by atoms with Gasteiger partial charge in [-0.25, -0.2) is 0 Å². The van der Waals surface area contributed by atoms with Crippen molar-refractivity contribution in [3.63, 3.8) is 0 Å². The molecule has 0 fully saturated rings. The molecule has 2 amide bonds. The van der Waals surface area contributed by atoms with Crippen LogP contribution in [-0.4, -0.2) is 37.8 Å². The first kappa shape index (κ1) is 22.2. The number of nitrogen functional groups attached to an aromatic ring is 1. The molecule has 2 heterocycles. The van der Waals surface area contributed by atoms with Crippen LogP contribution in [-0.2, 0) is 20.2 Å². The van der Waals surface area contributed by atoms with Gasteiger partial charge < -0.3 is 9.92 Å². The Labute approximate surface area is 186 Å². The maximum absolute atomic E-state index is 12.8. The first-order valence-corrected chi connectivity index (χ1v) is 11.8. The van der Waals surface area contributed by atoms with Gasteiger partial charge in [-0.1, -0.05) is 18.2 Å². The standard InChI is InChI=1S/C19H13N3O9S2/c20-17-16-12(18(24)21-19(16)25)9-15(23)22(17)13-8-11(32(26,27)28)6-7-14(13)31-33(29,30)10-4-2-1-3-5-10/h1-9H,20H2,(H,21,24,25)(H,26,27,28). The molecule has 0 saturated carbocycles. The molecule has 0 unspecified atom stereocenters. The molecule has 0 bridgehead atoms. The van der Waals surface area contributed by atoms with Crippen LogP contribution in [0.1, 0.15) is 20.7 Å². The molecule has 170 valence electrons. The summed E-state index contributed by atoms with van der Waals surface area (Å²) in [5.41, 5.74) is 3.78. The molecule has 3 aromatic rings. The Balaban J connectivity index is 1.99. The second-order valence-corrected chi connectivity index (χ2v) is 9.70. The van der Waals surface area contributed by atoms with Gasteiger partial charge in [0.25, 0.3) is 27.5 Å². The molecule has 1 aromatic heterocycles. The first-order valence-electron chi connectivity index (χ1n) is 8.93. The van der Waals surface area contributed by atoms with Crippen molar-refractivity contribution in [3.8, 4) is 11.4 Å². The summed E-state index contributed by atoms with van der Waals surface area (Å²) in [7, 11) is -9.25. The van der Waals surface area contributed by atoms with E-state index in [2.05, 4.69) is 0 Å². The van der Waals surface area contributed by atoms with Crippen LogP contribution in [0.25, 0.3) is 5.69 Å². The average Bonchev–Trinajstić information content (AvgIpc) is 3.02. The van der Waals surface area contributed by atoms with E-state index >= 15 is 0 Å². The second kappa shape index (κ2) is 7.54. The molecular weight excluding hydrogens is 478 g/mol. The van der Waals surface area contributed by atoms with Gasteiger partial charge in [0.15, 0.2) is 5.75 Å². The number of carbonyl (C=O) groups is 2. The van der Waals surface area contributed by atoms with Crippen LogP contribution in [0.2, 0.25) is 0 Å². The summed E-state index contributed by atoms with van der Waals surface area (Å²) < 4.78 is 63.9. The Bertz CT molecular complexity index is 1610. The minimum absolute atomic E-state index is 0.242. The van der Waals surface area contributed by atoms with Gasteiger partial charge >= 0.3 is 10.1 Å². The van der Waals surface area contributed by atoms with Gasteiger partial charge in [-0.15, -0.1) is 0 Å². The van der Waals surface area contributed by atoms with E-state index in [1.54, 1.807) is 6.07 Å². The zero-order valence-electron chi connectivity index (χ0n) is 16.3. The second-order valence-electron chi connectivity index (χ2n) is 6.73. The molecule has 1 aliphatic rings. The van der Waals surface area contributed by atoms with E-state index < -0.39 is 59.8 Å². The third-order valence-corrected chi connectivity index (χ3v) is 6.75. The number of nitrogens with two attached hydrogens (primary N) is 1. The average molecular weight is 491 g/mol. The Hall–Kier alpha value is -4.01. The van der Waals surface area contributed by atoms with Crippen LogP contribution >= 0.6 is 0 Å². The summed E-state index contributed by atoms with van der Waals surface area (Å²) in [5.74, 6) is -2.88. The molecule has 2 aromatic carbocycles. The summed E-state index contributed by atoms with van der Waals surface area (Å²) >= 11 is 0. The number of nitrogens with zero attached hydrogens (tertiary/aromatic N) is 1. The summed E-state index contributed by atoms with van der Waals surface area (Å²) in [6, 6.07) is 10.2. The molecule has 4 rings (SSSR count). The van der Waals surface area contributed by atoms with Crippen LogP contribution in [0.4, 0.5) is 5.82 Å². The van der Waals surface area contributed by atoms with E-state index in [0.29, 0.717) is 4.57 Å². The van der Waals surface area contributed by atoms with Crippen molar-refractivity contribution in [2.45, 2.75) is 9.79 Å². The van der Waals surface area contributed by atoms with Crippen LogP contribution in [0.3, 0.4) is 0 Å². The zero-order chi connectivity index (χ0) is 24.1. The van der Waals surface area contributed by atoms with Crippen molar-refractivity contribution in [3.05, 3.63) is 76.1 Å². The van der Waals surface area contributed by atoms with Gasteiger partial charge in [-0.05, 0) is 30.3 Å². The lowest BCUT2D eigenvalue weighted by Gasteiger charge is -2.17. The minimum atomic E-state index is -4.80. The Kier molecular flexibility index (Phi) is 5.07. The predicted octanol–water partition coefficient (Wildman–Crippen LogP) is 0.318. The maximum Gasteiger partial charge on any atom is 0.339 e. The van der Waals surface area contributed by atoms with Crippen molar-refractivity contribution < 1.29 is 35.2 Å². The lowest BCUT2D eigenvalue weighted by atomic mass is 10.1. The molecular formula is C19H13N3O9S2. The number of imide groups is 1. The molecule has 12 nitrogen and oxygen atoms in total. The van der Waals surface area contributed by atoms with Crippen molar-refractivity contribution in [2.75, 3.05) is 5.73 Å². The van der Waals surface area contributed by atoms with Gasteiger partial charge in [-0.3, -0.25) is 28.8 Å². The summed E-state index contributed by atoms with van der Waals surface area (Å²) in [6.07, 6.45) is 0. The fraction of sp³-hybridized carbons (Fsp3) is 0. The molecule has 0 spiro atoms. The summed E-state index contributed by atoms with van der Waals surface area (Å²) in [5, 5.41) is 1.97. The lowest BCUT2D eigenvalue weighted by Crippen LogP contribution is -2.25. The highest BCUT2D eigenvalue weighted by molar-refractivity contribution is 7.87. The van der Waals surface area contributed by atoms with Gasteiger partial charge in [0, 0.05) is 6.07 Å². The maximum atomic E-state index is 12.8. The molecule has 0 aliphatic carbocycles. The number of hydrogen-bond acceptors (Lipinski definition) is 9. The SMILES string of the molecule is Nc1c2c(cc(=O)n1-c1cc(S(=O)(=O)O)ccc1OS(=O)(=O)c1ccccc1)C(=O)NC2=O. The number of hydrogen-bond donors (Lipinski definition) is 3. The Morgan fingerprint density at radius 1 is 0.879 bits per heavy atom. The Morgan fingerprint density at radius 3 is 2.18 bits per heavy atom. The van der Waals surface area contributed by atoms with Gasteiger partial charge in [0.1, 0.15) is 10.7 Å². The number of carbonyl (C=O) groups excluding carboxylic acids is 2. The Morgan fingerprint density at radius 2 is 1.55 bits per heavy atom. The third-order valence-electron chi connectivity index (χ3n) is 4.65. The molecule has 0 saturated heterocycles. The highest BCUT2D eigenvalue weighted by atomic mass is 32.2. The third kappa shape index (κ3) is 3.86. The molecule has 33 heavy (non-hydrogen) atoms. The number of nitrogens with one attached hydrogen (secondary N) is 1. The zero-order valence-corrected chi connectivity index (χ0v) is 17.9. The van der Waals surface area contributed by atoms with E-state index in [-0.39, 0.29) is 16.0 Å². The lowest BCUT2D eigenvalue weighted by molar-refractivity contribution is 0.0879. The molecule has 14 heteroatoms. The largest absolute Gasteiger partial charge is 0.384 e. The normalized spacial score (nSPS) is 13.5. The van der Waals surface area contributed by atoms with Crippen molar-refractivity contribution in [1.82, 2.24) is 9.88 Å². The number of aromatic nitrogens is 1. The van der Waals surface area contributed by atoms with Gasteiger partial charge in [0.2, 0.25) is 0 Å². The van der Waals surface area contributed by atoms with Gasteiger partial charge in [0.05, 0.1) is 21.7 Å². The van der Waals surface area contributed by atoms with Crippen molar-refractivity contribution in [2.24, 2.45) is 0 Å². The first-order chi connectivity index (χ1) is 15.4. The van der Waals surface area contributed by atoms with Crippen LogP contribution in [0, 0.1) is 0 Å². The van der Waals surface area contributed by atoms with E-state index in [1.807, 2.05) is 5.32 Å². The highest BCUT2D eigenvalue weighted by Crippen LogP contribution is 2.32. The summed E-state index contributed by atoms with van der Waals surface area (Å²) in [4.78, 5) is 35.8. The van der Waals surface area contributed by atoms with Gasteiger partial charge in [-0.2, -0.15) is 16.8 Å². The monoisotopic (exact) mass is 491 g/mol. The van der Waals surface area contributed by atoms with Crippen molar-refractivity contribution in [1.29, 1.82) is 0 Å². The minimum Gasteiger partial charge on any atom is -0.384 e. The molecule has 0 atom stereocenters. The summed E-state index contributed by atoms with van der Waals surface area (Å²) in [6.45, 7) is 0. The predicted molar refractivity (Wildman–Crippen MR) is 112 cm³/mol. The quantitative estimate of drug-likeness (QED) is 0.254. The number of amides is 2. The van der Waals surface area contributed by atoms with Crippen molar-refractivity contribution >= 4 is 37.9 Å². The van der Waals surface area contributed by atoms with E-state index in [0.717, 1.165) is 24.3 Å². The van der Waals surface area contributed by atoms with E-state index in [1.165, 1.54) is 24.3 Å². The van der Waals surface area contributed by atoms with Crippen LogP contribution in [0.5, 0.6) is 5.75 Å². The fourth-order valence-electron chi connectivity index (χ4n) is 3.18. The van der Waals surface area contributed by atoms with E-state index in [9.17, 15) is 35.8 Å². The molecule has 4 N–H and O–H groups in total. The number of fused-ring (bicyclic) bond motifs is 1.